The van der Waals surface area contributed by atoms with Gasteiger partial charge in [-0.25, -0.2) is 0 Å². The highest BCUT2D eigenvalue weighted by atomic mass is 16.3. The van der Waals surface area contributed by atoms with E-state index in [0.717, 1.165) is 0 Å². The first kappa shape index (κ1) is 54.2. The number of aliphatic hydroxyl groups excluding tert-OH is 2. The molecule has 67 heavy (non-hydrogen) atoms. The molecule has 0 radical (unpaired) electrons. The Labute approximate surface area is 388 Å². The molecular weight excluding hydrogens is 871 g/mol. The van der Waals surface area contributed by atoms with Gasteiger partial charge in [-0.3, -0.25) is 38.4 Å². The molecular formula is C46H63N9O12. The maximum Gasteiger partial charge on any atom is 0.245 e. The lowest BCUT2D eigenvalue weighted by atomic mass is 9.98. The molecule has 0 spiro atoms. The summed E-state index contributed by atoms with van der Waals surface area (Å²) in [7, 11) is 0. The van der Waals surface area contributed by atoms with Crippen LogP contribution in [0.5, 0.6) is 11.5 Å². The second kappa shape index (κ2) is 26.8. The molecule has 3 aromatic carbocycles. The molecule has 0 saturated carbocycles. The molecule has 21 heteroatoms. The van der Waals surface area contributed by atoms with Crippen molar-refractivity contribution in [2.24, 2.45) is 23.3 Å². The number of phenols is 2. The maximum atomic E-state index is 14.1. The van der Waals surface area contributed by atoms with Crippen LogP contribution >= 0.6 is 0 Å². The molecule has 0 heterocycles. The number of primary amides is 1. The van der Waals surface area contributed by atoms with Gasteiger partial charge in [-0.05, 0) is 59.2 Å². The number of hydrogen-bond acceptors (Lipinski definition) is 13. The van der Waals surface area contributed by atoms with Crippen LogP contribution < -0.4 is 48.7 Å². The number of amides is 8. The average molecular weight is 934 g/mol. The topological polar surface area (TPSA) is 354 Å². The minimum Gasteiger partial charge on any atom is -0.508 e. The lowest BCUT2D eigenvalue weighted by Gasteiger charge is -2.29. The van der Waals surface area contributed by atoms with Crippen LogP contribution in [0.3, 0.4) is 0 Å². The van der Waals surface area contributed by atoms with Gasteiger partial charge < -0.3 is 69.1 Å². The number of carbonyl (C=O) groups excluding carboxylic acids is 8. The van der Waals surface area contributed by atoms with Crippen LogP contribution in [0.2, 0.25) is 0 Å². The van der Waals surface area contributed by atoms with Crippen LogP contribution in [0, 0.1) is 11.8 Å². The average Bonchev–Trinajstić information content (AvgIpc) is 3.29. The standard InChI is InChI=1S/C46H63N9O12/c1-25(2)18-34(42(63)52-36(21-29-12-16-31(59)17-13-29)44(65)51-33(40(48)61)19-27-8-6-5-7-9-27)53-46(67)39(26(3)4)55-45(66)37(24-57)54-43(64)35(20-28-10-14-30(58)15-11-28)50-38(60)22-49-41(62)32(47)23-56/h5-17,25-26,32-37,39,56-59H,18-24,47H2,1-4H3,(H2,48,61)(H,49,62)(H,50,60)(H,51,65)(H,52,63)(H,53,67)(H,54,64)(H,55,66)/t32-,33-,34-,35-,36-,37-,39-/m0/s1. The first-order valence-electron chi connectivity index (χ1n) is 21.7. The zero-order valence-electron chi connectivity index (χ0n) is 37.9. The summed E-state index contributed by atoms with van der Waals surface area (Å²) in [4.78, 5) is 107. The molecule has 0 aliphatic heterocycles. The monoisotopic (exact) mass is 933 g/mol. The third-order valence-corrected chi connectivity index (χ3v) is 10.3. The number of carbonyl (C=O) groups is 8. The number of aromatic hydroxyl groups is 2. The summed E-state index contributed by atoms with van der Waals surface area (Å²) in [6, 6.07) is 11.0. The summed E-state index contributed by atoms with van der Waals surface area (Å²) >= 11 is 0. The van der Waals surface area contributed by atoms with E-state index < -0.39 is 115 Å². The Balaban J connectivity index is 1.80. The van der Waals surface area contributed by atoms with Crippen LogP contribution in [0.4, 0.5) is 0 Å². The van der Waals surface area contributed by atoms with Crippen molar-refractivity contribution < 1.29 is 58.8 Å². The van der Waals surface area contributed by atoms with Gasteiger partial charge in [-0.1, -0.05) is 82.3 Å². The van der Waals surface area contributed by atoms with E-state index in [1.807, 2.05) is 0 Å². The molecule has 8 amide bonds. The second-order valence-electron chi connectivity index (χ2n) is 16.7. The van der Waals surface area contributed by atoms with Crippen molar-refractivity contribution in [2.75, 3.05) is 19.8 Å². The van der Waals surface area contributed by atoms with Gasteiger partial charge in [0.05, 0.1) is 19.8 Å². The van der Waals surface area contributed by atoms with Crippen LogP contribution in [0.25, 0.3) is 0 Å². The molecule has 364 valence electrons. The molecule has 0 unspecified atom stereocenters. The number of rotatable bonds is 26. The largest absolute Gasteiger partial charge is 0.508 e. The highest BCUT2D eigenvalue weighted by molar-refractivity contribution is 5.97. The Bertz CT molecular complexity index is 2140. The Morgan fingerprint density at radius 3 is 1.42 bits per heavy atom. The Kier molecular flexibility index (Phi) is 21.7. The van der Waals surface area contributed by atoms with Gasteiger partial charge in [-0.2, -0.15) is 0 Å². The smallest absolute Gasteiger partial charge is 0.245 e. The van der Waals surface area contributed by atoms with Crippen LogP contribution in [-0.2, 0) is 57.6 Å². The van der Waals surface area contributed by atoms with Crippen molar-refractivity contribution in [2.45, 2.75) is 95.7 Å². The van der Waals surface area contributed by atoms with Gasteiger partial charge in [0.25, 0.3) is 0 Å². The van der Waals surface area contributed by atoms with Crippen molar-refractivity contribution in [1.29, 1.82) is 0 Å². The minimum absolute atomic E-state index is 0.0336. The first-order valence-corrected chi connectivity index (χ1v) is 21.7. The van der Waals surface area contributed by atoms with Crippen LogP contribution in [-0.4, -0.2) is 130 Å². The lowest BCUT2D eigenvalue weighted by Crippen LogP contribution is -2.61. The number of phenolic OH excluding ortho intramolecular Hbond substituents is 2. The zero-order valence-corrected chi connectivity index (χ0v) is 37.9. The summed E-state index contributed by atoms with van der Waals surface area (Å²) in [5.41, 5.74) is 12.9. The summed E-state index contributed by atoms with van der Waals surface area (Å²) < 4.78 is 0. The number of benzene rings is 3. The summed E-state index contributed by atoms with van der Waals surface area (Å²) in [6.07, 6.45) is -0.124. The van der Waals surface area contributed by atoms with Crippen molar-refractivity contribution >= 4 is 47.3 Å². The predicted molar refractivity (Wildman–Crippen MR) is 244 cm³/mol. The Morgan fingerprint density at radius 2 is 0.940 bits per heavy atom. The number of nitrogens with one attached hydrogen (secondary N) is 7. The van der Waals surface area contributed by atoms with Gasteiger partial charge in [0.15, 0.2) is 0 Å². The highest BCUT2D eigenvalue weighted by Gasteiger charge is 2.35. The molecule has 0 aliphatic carbocycles. The SMILES string of the molecule is CC(C)C[C@H](NC(=O)[C@@H](NC(=O)[C@H](CO)NC(=O)[C@H](Cc1ccc(O)cc1)NC(=O)CNC(=O)[C@@H](N)CO)C(C)C)C(=O)N[C@@H](Cc1ccc(O)cc1)C(=O)N[C@@H](Cc1ccccc1)C(N)=O. The molecule has 21 nitrogen and oxygen atoms in total. The fraction of sp³-hybridized carbons (Fsp3) is 0.435. The number of aliphatic hydroxyl groups is 2. The van der Waals surface area contributed by atoms with E-state index in [-0.39, 0.29) is 43.1 Å². The van der Waals surface area contributed by atoms with Crippen LogP contribution in [0.1, 0.15) is 50.8 Å². The van der Waals surface area contributed by atoms with Crippen molar-refractivity contribution in [3.63, 3.8) is 0 Å². The van der Waals surface area contributed by atoms with E-state index in [1.54, 1.807) is 70.2 Å². The fourth-order valence-electron chi connectivity index (χ4n) is 6.62. The molecule has 7 atom stereocenters. The molecule has 0 aromatic heterocycles. The quantitative estimate of drug-likeness (QED) is 0.0402. The van der Waals surface area contributed by atoms with E-state index in [4.69, 9.17) is 16.6 Å². The molecule has 0 bridgehead atoms. The second-order valence-corrected chi connectivity index (χ2v) is 16.7. The summed E-state index contributed by atoms with van der Waals surface area (Å²) in [6.45, 7) is 4.53. The van der Waals surface area contributed by atoms with Crippen molar-refractivity contribution in [1.82, 2.24) is 37.2 Å². The third-order valence-electron chi connectivity index (χ3n) is 10.3. The minimum atomic E-state index is -1.66. The molecule has 3 rings (SSSR count). The number of nitrogens with two attached hydrogens (primary N) is 2. The third kappa shape index (κ3) is 18.4. The van der Waals surface area contributed by atoms with E-state index in [0.29, 0.717) is 16.7 Å². The molecule has 0 fully saturated rings. The van der Waals surface area contributed by atoms with E-state index >= 15 is 0 Å². The molecule has 0 aliphatic rings. The maximum absolute atomic E-state index is 14.1. The fourth-order valence-corrected chi connectivity index (χ4v) is 6.62. The van der Waals surface area contributed by atoms with Gasteiger partial charge in [-0.15, -0.1) is 0 Å². The summed E-state index contributed by atoms with van der Waals surface area (Å²) in [5.74, 6) is -7.68. The van der Waals surface area contributed by atoms with Gasteiger partial charge in [0, 0.05) is 19.3 Å². The Hall–Kier alpha value is -7.10. The molecule has 3 aromatic rings. The van der Waals surface area contributed by atoms with Gasteiger partial charge in [0.2, 0.25) is 47.3 Å². The number of hydrogen-bond donors (Lipinski definition) is 13. The van der Waals surface area contributed by atoms with E-state index in [1.165, 1.54) is 36.4 Å². The Morgan fingerprint density at radius 1 is 0.507 bits per heavy atom. The van der Waals surface area contributed by atoms with Crippen LogP contribution in [0.15, 0.2) is 78.9 Å². The zero-order chi connectivity index (χ0) is 49.8. The van der Waals surface area contributed by atoms with Gasteiger partial charge in [0.1, 0.15) is 53.8 Å². The lowest BCUT2D eigenvalue weighted by molar-refractivity contribution is -0.136. The van der Waals surface area contributed by atoms with Crippen molar-refractivity contribution in [3.8, 4) is 11.5 Å². The highest BCUT2D eigenvalue weighted by Crippen LogP contribution is 2.15. The van der Waals surface area contributed by atoms with E-state index in [2.05, 4.69) is 37.2 Å². The molecule has 15 N–H and O–H groups in total. The molecule has 0 saturated heterocycles. The van der Waals surface area contributed by atoms with Crippen molar-refractivity contribution in [3.05, 3.63) is 95.6 Å². The van der Waals surface area contributed by atoms with Gasteiger partial charge >= 0.3 is 0 Å². The van der Waals surface area contributed by atoms with E-state index in [9.17, 15) is 53.7 Å². The first-order chi connectivity index (χ1) is 31.7. The normalized spacial score (nSPS) is 14.2. The predicted octanol–water partition coefficient (Wildman–Crippen LogP) is -2.35. The summed E-state index contributed by atoms with van der Waals surface area (Å²) in [5, 5.41) is 56.5.